The van der Waals surface area contributed by atoms with Crippen LogP contribution in [0.1, 0.15) is 31.1 Å². The zero-order valence-corrected chi connectivity index (χ0v) is 19.6. The topological polar surface area (TPSA) is 88.5 Å². The van der Waals surface area contributed by atoms with Crippen molar-refractivity contribution in [1.29, 1.82) is 0 Å². The fourth-order valence-electron chi connectivity index (χ4n) is 1.12. The number of hydrogen-bond donors (Lipinski definition) is 2. The van der Waals surface area contributed by atoms with Gasteiger partial charge in [-0.3, -0.25) is 5.32 Å². The van der Waals surface area contributed by atoms with E-state index in [-0.39, 0.29) is 10.6 Å². The number of carbonyl (C=O) groups is 2. The van der Waals surface area contributed by atoms with E-state index >= 15 is 0 Å². The van der Waals surface area contributed by atoms with E-state index in [4.69, 9.17) is 9.84 Å². The summed E-state index contributed by atoms with van der Waals surface area (Å²) in [5, 5.41) is 11.1. The summed E-state index contributed by atoms with van der Waals surface area (Å²) in [4.78, 5) is 25.3. The Balaban J connectivity index is 0.000000980. The predicted octanol–water partition coefficient (Wildman–Crippen LogP) is 4.92. The molecule has 0 aromatic carbocycles. The number of nitrogens with one attached hydrogen (secondary N) is 1. The van der Waals surface area contributed by atoms with Gasteiger partial charge in [0.2, 0.25) is 5.95 Å². The number of aromatic carboxylic acids is 1. The monoisotopic (exact) mass is 688 g/mol. The first-order valence-corrected chi connectivity index (χ1v) is 19.1. The standard InChI is InChI=1S/C11H13FN2O4.3HI.V/c1-11(2,3)18-10(17)14-7-5-13-8(12)4-6(7)9(15)16;;;;/h4-5H,1-3H3,(H,14,17)(H,15,16);3*1H;/q;;;;+3/p-3. The van der Waals surface area contributed by atoms with Crippen LogP contribution in [0.4, 0.5) is 14.9 Å². The average molecular weight is 688 g/mol. The Labute approximate surface area is 165 Å². The van der Waals surface area contributed by atoms with E-state index in [1.807, 2.05) is 0 Å². The maximum atomic E-state index is 12.8. The molecule has 0 spiro atoms. The van der Waals surface area contributed by atoms with Gasteiger partial charge >= 0.3 is 76.9 Å². The molecule has 0 fully saturated rings. The zero-order valence-electron chi connectivity index (χ0n) is 11.7. The van der Waals surface area contributed by atoms with Gasteiger partial charge in [0.05, 0.1) is 17.4 Å². The summed E-state index contributed by atoms with van der Waals surface area (Å²) in [5.41, 5.74) is -1.24. The van der Waals surface area contributed by atoms with E-state index in [9.17, 15) is 14.0 Å². The molecule has 0 saturated carbocycles. The Hall–Kier alpha value is 0.594. The predicted molar refractivity (Wildman–Crippen MR) is 103 cm³/mol. The molecule has 6 nitrogen and oxygen atoms in total. The minimum atomic E-state index is -1.37. The number of rotatable bonds is 2. The Morgan fingerprint density at radius 2 is 1.86 bits per heavy atom. The number of ether oxygens (including phenoxy) is 1. The van der Waals surface area contributed by atoms with Crippen molar-refractivity contribution >= 4 is 77.7 Å². The molecule has 2 N–H and O–H groups in total. The number of carboxylic acid groups (broad SMARTS) is 1. The summed E-state index contributed by atoms with van der Waals surface area (Å²) in [7, 11) is 0. The third-order valence-electron chi connectivity index (χ3n) is 1.74. The van der Waals surface area contributed by atoms with Gasteiger partial charge in [-0.05, 0) is 20.8 Å². The summed E-state index contributed by atoms with van der Waals surface area (Å²) < 4.78 is 17.7. The molecular formula is C11H13FI3N2O4V. The average Bonchev–Trinajstić information content (AvgIpc) is 2.27. The first-order valence-electron chi connectivity index (χ1n) is 5.58. The van der Waals surface area contributed by atoms with Crippen molar-refractivity contribution in [3.05, 3.63) is 23.8 Å². The molecule has 0 aliphatic rings. The molecule has 0 bridgehead atoms. The van der Waals surface area contributed by atoms with Crippen LogP contribution >= 0.6 is 59.9 Å². The number of halogens is 4. The van der Waals surface area contributed by atoms with E-state index in [0.29, 0.717) is 0 Å². The van der Waals surface area contributed by atoms with Gasteiger partial charge in [-0.2, -0.15) is 4.39 Å². The first kappa shape index (κ1) is 22.6. The van der Waals surface area contributed by atoms with E-state index < -0.39 is 29.2 Å². The summed E-state index contributed by atoms with van der Waals surface area (Å²) in [6.45, 7) is 4.98. The van der Waals surface area contributed by atoms with Crippen LogP contribution in [0.2, 0.25) is 0 Å². The van der Waals surface area contributed by atoms with Gasteiger partial charge < -0.3 is 9.84 Å². The second-order valence-electron chi connectivity index (χ2n) is 4.68. The fraction of sp³-hybridized carbons (Fsp3) is 0.364. The molecule has 0 aliphatic carbocycles. The number of amides is 1. The Bertz CT molecular complexity index is 538. The van der Waals surface area contributed by atoms with Crippen LogP contribution in [0.15, 0.2) is 12.3 Å². The molecular weight excluding hydrogens is 675 g/mol. The van der Waals surface area contributed by atoms with Crippen LogP contribution in [-0.4, -0.2) is 27.8 Å². The first-order chi connectivity index (χ1) is 9.92. The maximum absolute atomic E-state index is 12.8. The van der Waals surface area contributed by atoms with Crippen molar-refractivity contribution < 1.29 is 28.7 Å². The number of nitrogens with zero attached hydrogens (tertiary/aromatic N) is 1. The van der Waals surface area contributed by atoms with Gasteiger partial charge in [-0.25, -0.2) is 14.6 Å². The van der Waals surface area contributed by atoms with Gasteiger partial charge in [-0.1, -0.05) is 0 Å². The number of carbonyl (C=O) groups excluding carboxylic acids is 1. The zero-order chi connectivity index (χ0) is 17.5. The van der Waals surface area contributed by atoms with E-state index in [2.05, 4.69) is 70.2 Å². The van der Waals surface area contributed by atoms with Gasteiger partial charge in [0, 0.05) is 6.07 Å². The molecule has 0 radical (unpaired) electrons. The van der Waals surface area contributed by atoms with Crippen LogP contribution < -0.4 is 5.32 Å². The van der Waals surface area contributed by atoms with E-state index in [1.54, 1.807) is 20.8 Å². The molecule has 0 unspecified atom stereocenters. The van der Waals surface area contributed by atoms with Crippen LogP contribution in [-0.2, 0) is 9.66 Å². The van der Waals surface area contributed by atoms with Crippen LogP contribution in [0.25, 0.3) is 0 Å². The molecule has 0 atom stereocenters. The molecule has 22 heavy (non-hydrogen) atoms. The van der Waals surface area contributed by atoms with Crippen molar-refractivity contribution in [2.45, 2.75) is 26.4 Å². The summed E-state index contributed by atoms with van der Waals surface area (Å²) in [5.74, 6) is -2.32. The normalized spacial score (nSPS) is 10.5. The quantitative estimate of drug-likeness (QED) is 0.341. The van der Waals surface area contributed by atoms with Crippen molar-refractivity contribution in [2.75, 3.05) is 5.32 Å². The van der Waals surface area contributed by atoms with Crippen molar-refractivity contribution in [1.82, 2.24) is 4.98 Å². The molecule has 1 amide bonds. The van der Waals surface area contributed by atoms with Gasteiger partial charge in [-0.15, -0.1) is 0 Å². The molecule has 1 aromatic heterocycles. The van der Waals surface area contributed by atoms with Gasteiger partial charge in [0.25, 0.3) is 0 Å². The molecule has 0 saturated heterocycles. The number of anilines is 1. The van der Waals surface area contributed by atoms with Gasteiger partial charge in [0.1, 0.15) is 5.60 Å². The van der Waals surface area contributed by atoms with E-state index in [0.717, 1.165) is 12.3 Å². The molecule has 124 valence electrons. The number of carboxylic acids is 1. The second kappa shape index (κ2) is 10.5. The van der Waals surface area contributed by atoms with Crippen LogP contribution in [0.3, 0.4) is 0 Å². The SMILES string of the molecule is CC(C)(C)OC(=O)Nc1cnc(F)cc1C(=O)O.[I][V]([I])[I]. The summed E-state index contributed by atoms with van der Waals surface area (Å²) >= 11 is 7.39. The van der Waals surface area contributed by atoms with Crippen LogP contribution in [0, 0.1) is 5.95 Å². The third kappa shape index (κ3) is 11.2. The molecule has 0 aliphatic heterocycles. The Morgan fingerprint density at radius 3 is 2.27 bits per heavy atom. The van der Waals surface area contributed by atoms with Gasteiger partial charge in [0.15, 0.2) is 0 Å². The number of pyridine rings is 1. The van der Waals surface area contributed by atoms with Crippen molar-refractivity contribution in [3.63, 3.8) is 0 Å². The fourth-order valence-corrected chi connectivity index (χ4v) is 1.12. The molecule has 1 aromatic rings. The molecule has 1 heterocycles. The third-order valence-corrected chi connectivity index (χ3v) is 1.74. The summed E-state index contributed by atoms with van der Waals surface area (Å²) in [6.07, 6.45) is 0.0845. The number of aromatic nitrogens is 1. The Morgan fingerprint density at radius 1 is 1.36 bits per heavy atom. The Kier molecular flexibility index (Phi) is 10.7. The second-order valence-corrected chi connectivity index (χ2v) is 40.0. The van der Waals surface area contributed by atoms with Crippen LogP contribution in [0.5, 0.6) is 0 Å². The minimum absolute atomic E-state index is 0.127. The molecule has 11 heteroatoms. The van der Waals surface area contributed by atoms with Crippen molar-refractivity contribution in [3.8, 4) is 0 Å². The number of hydrogen-bond acceptors (Lipinski definition) is 4. The van der Waals surface area contributed by atoms with E-state index in [1.165, 1.54) is 0 Å². The summed E-state index contributed by atoms with van der Waals surface area (Å²) in [6, 6.07) is 0.717. The van der Waals surface area contributed by atoms with Crippen molar-refractivity contribution in [2.24, 2.45) is 0 Å². The molecule has 1 rings (SSSR count).